The first-order valence-electron chi connectivity index (χ1n) is 3.25. The van der Waals surface area contributed by atoms with Crippen molar-refractivity contribution in [1.82, 2.24) is 16.2 Å². The van der Waals surface area contributed by atoms with Gasteiger partial charge in [-0.25, -0.2) is 10.2 Å². The van der Waals surface area contributed by atoms with Gasteiger partial charge in [0.1, 0.15) is 0 Å². The Bertz CT molecular complexity index is 164. The van der Waals surface area contributed by atoms with E-state index in [0.29, 0.717) is 18.3 Å². The summed E-state index contributed by atoms with van der Waals surface area (Å²) in [6.07, 6.45) is 0. The van der Waals surface area contributed by atoms with Crippen LogP contribution in [0.15, 0.2) is 0 Å². The zero-order valence-corrected chi connectivity index (χ0v) is 7.53. The molecule has 70 valence electrons. The molecule has 2 amide bonds. The van der Waals surface area contributed by atoms with E-state index in [1.807, 2.05) is 0 Å². The number of thiocarbonyl (C=S) groups is 1. The highest BCUT2D eigenvalue weighted by atomic mass is 32.1. The maximum atomic E-state index is 10.2. The number of rotatable bonds is 3. The Kier molecular flexibility index (Phi) is 6.02. The average Bonchev–Trinajstić information content (AvgIpc) is 2.01. The zero-order valence-electron chi connectivity index (χ0n) is 6.72. The molecule has 5 N–H and O–H groups in total. The Morgan fingerprint density at radius 1 is 1.58 bits per heavy atom. The highest BCUT2D eigenvalue weighted by Gasteiger charge is 1.94. The summed E-state index contributed by atoms with van der Waals surface area (Å²) in [6.45, 7) is 1.11. The quantitative estimate of drug-likeness (QED) is 0.253. The van der Waals surface area contributed by atoms with Crippen LogP contribution in [0.2, 0.25) is 0 Å². The molecule has 0 atom stereocenters. The molecular weight excluding hydrogens is 180 g/mol. The lowest BCUT2D eigenvalue weighted by Gasteiger charge is -2.08. The van der Waals surface area contributed by atoms with Gasteiger partial charge in [0, 0.05) is 13.7 Å². The van der Waals surface area contributed by atoms with Crippen LogP contribution in [0.4, 0.5) is 4.79 Å². The van der Waals surface area contributed by atoms with E-state index < -0.39 is 6.03 Å². The minimum atomic E-state index is -0.689. The van der Waals surface area contributed by atoms with Crippen LogP contribution in [-0.4, -0.2) is 31.4 Å². The molecule has 0 heterocycles. The molecule has 0 aliphatic heterocycles. The molecule has 0 aromatic rings. The highest BCUT2D eigenvalue weighted by molar-refractivity contribution is 7.80. The summed E-state index contributed by atoms with van der Waals surface area (Å²) >= 11 is 4.74. The first kappa shape index (κ1) is 10.9. The monoisotopic (exact) mass is 192 g/mol. The van der Waals surface area contributed by atoms with Gasteiger partial charge in [0.15, 0.2) is 5.11 Å². The van der Waals surface area contributed by atoms with E-state index in [9.17, 15) is 4.79 Å². The minimum absolute atomic E-state index is 0.297. The van der Waals surface area contributed by atoms with Gasteiger partial charge in [0.2, 0.25) is 0 Å². The van der Waals surface area contributed by atoms with Gasteiger partial charge in [-0.3, -0.25) is 5.43 Å². The summed E-state index contributed by atoms with van der Waals surface area (Å²) in [6, 6.07) is -0.689. The molecule has 0 radical (unpaired) electrons. The second-order valence-electron chi connectivity index (χ2n) is 1.86. The van der Waals surface area contributed by atoms with E-state index in [2.05, 4.69) is 16.2 Å². The third-order valence-corrected chi connectivity index (χ3v) is 1.14. The fraction of sp³-hybridized carbons (Fsp3) is 0.600. The number of hydrogen-bond donors (Lipinski definition) is 4. The molecule has 0 aliphatic rings. The van der Waals surface area contributed by atoms with Crippen molar-refractivity contribution in [2.24, 2.45) is 5.73 Å². The van der Waals surface area contributed by atoms with Gasteiger partial charge >= 0.3 is 6.03 Å². The lowest BCUT2D eigenvalue weighted by Crippen LogP contribution is -2.49. The number of amides is 2. The zero-order chi connectivity index (χ0) is 9.40. The summed E-state index contributed by atoms with van der Waals surface area (Å²) in [5.41, 5.74) is 9.27. The van der Waals surface area contributed by atoms with Crippen LogP contribution in [0.1, 0.15) is 0 Å². The number of ether oxygens (including phenoxy) is 1. The predicted octanol–water partition coefficient (Wildman–Crippen LogP) is -1.32. The SMILES string of the molecule is COCCNC(=S)NNC(N)=O. The van der Waals surface area contributed by atoms with Gasteiger partial charge in [-0.2, -0.15) is 0 Å². The highest BCUT2D eigenvalue weighted by Crippen LogP contribution is 1.66. The maximum absolute atomic E-state index is 10.2. The largest absolute Gasteiger partial charge is 0.383 e. The van der Waals surface area contributed by atoms with Crippen molar-refractivity contribution in [3.05, 3.63) is 0 Å². The summed E-state index contributed by atoms with van der Waals surface area (Å²) in [5.74, 6) is 0. The Balaban J connectivity index is 3.28. The van der Waals surface area contributed by atoms with Crippen molar-refractivity contribution in [2.75, 3.05) is 20.3 Å². The van der Waals surface area contributed by atoms with Gasteiger partial charge in [-0.1, -0.05) is 0 Å². The van der Waals surface area contributed by atoms with Crippen molar-refractivity contribution >= 4 is 23.4 Å². The number of hydrazine groups is 1. The average molecular weight is 192 g/mol. The van der Waals surface area contributed by atoms with Crippen molar-refractivity contribution in [3.63, 3.8) is 0 Å². The number of hydrogen-bond acceptors (Lipinski definition) is 3. The molecule has 0 spiro atoms. The molecule has 0 fully saturated rings. The van der Waals surface area contributed by atoms with Crippen LogP contribution in [0.3, 0.4) is 0 Å². The fourth-order valence-corrected chi connectivity index (χ4v) is 0.582. The lowest BCUT2D eigenvalue weighted by molar-refractivity contribution is 0.203. The van der Waals surface area contributed by atoms with Crippen molar-refractivity contribution in [3.8, 4) is 0 Å². The summed E-state index contributed by atoms with van der Waals surface area (Å²) < 4.78 is 4.76. The number of nitrogens with one attached hydrogen (secondary N) is 3. The standard InChI is InChI=1S/C5H12N4O2S/c1-11-3-2-7-5(12)9-8-4(6)10/h2-3H2,1H3,(H3,6,8,10)(H2,7,9,12). The lowest BCUT2D eigenvalue weighted by atomic mass is 10.7. The van der Waals surface area contributed by atoms with Crippen LogP contribution < -0.4 is 21.9 Å². The van der Waals surface area contributed by atoms with Crippen LogP contribution in [0.5, 0.6) is 0 Å². The molecule has 0 unspecified atom stereocenters. The molecule has 0 bridgehead atoms. The number of urea groups is 1. The second kappa shape index (κ2) is 6.62. The Hall–Kier alpha value is -1.08. The molecule has 12 heavy (non-hydrogen) atoms. The Labute approximate surface area is 75.8 Å². The Morgan fingerprint density at radius 3 is 2.75 bits per heavy atom. The predicted molar refractivity (Wildman–Crippen MR) is 48.3 cm³/mol. The van der Waals surface area contributed by atoms with Crippen molar-refractivity contribution in [1.29, 1.82) is 0 Å². The second-order valence-corrected chi connectivity index (χ2v) is 2.27. The first-order valence-corrected chi connectivity index (χ1v) is 3.66. The Morgan fingerprint density at radius 2 is 2.25 bits per heavy atom. The van der Waals surface area contributed by atoms with E-state index in [1.165, 1.54) is 0 Å². The number of primary amides is 1. The van der Waals surface area contributed by atoms with Gasteiger partial charge in [-0.15, -0.1) is 0 Å². The van der Waals surface area contributed by atoms with E-state index in [4.69, 9.17) is 22.7 Å². The van der Waals surface area contributed by atoms with Crippen LogP contribution in [0, 0.1) is 0 Å². The van der Waals surface area contributed by atoms with Gasteiger partial charge in [0.25, 0.3) is 0 Å². The van der Waals surface area contributed by atoms with Crippen LogP contribution in [-0.2, 0) is 4.74 Å². The maximum Gasteiger partial charge on any atom is 0.330 e. The molecular formula is C5H12N4O2S. The molecule has 0 aromatic heterocycles. The molecule has 0 saturated carbocycles. The normalized spacial score (nSPS) is 8.75. The summed E-state index contributed by atoms with van der Waals surface area (Å²) in [5, 5.41) is 3.06. The van der Waals surface area contributed by atoms with E-state index in [1.54, 1.807) is 7.11 Å². The molecule has 0 aliphatic carbocycles. The topological polar surface area (TPSA) is 88.4 Å². The molecule has 0 rings (SSSR count). The van der Waals surface area contributed by atoms with Crippen molar-refractivity contribution in [2.45, 2.75) is 0 Å². The number of carbonyl (C=O) groups is 1. The van der Waals surface area contributed by atoms with Crippen molar-refractivity contribution < 1.29 is 9.53 Å². The van der Waals surface area contributed by atoms with Gasteiger partial charge in [0.05, 0.1) is 6.61 Å². The third kappa shape index (κ3) is 7.03. The molecule has 0 saturated heterocycles. The summed E-state index contributed by atoms with van der Waals surface area (Å²) in [7, 11) is 1.58. The van der Waals surface area contributed by atoms with Gasteiger partial charge < -0.3 is 15.8 Å². The third-order valence-electron chi connectivity index (χ3n) is 0.891. The number of methoxy groups -OCH3 is 1. The van der Waals surface area contributed by atoms with E-state index in [0.717, 1.165) is 0 Å². The van der Waals surface area contributed by atoms with Gasteiger partial charge in [-0.05, 0) is 12.2 Å². The fourth-order valence-electron chi connectivity index (χ4n) is 0.429. The smallest absolute Gasteiger partial charge is 0.330 e. The number of nitrogens with two attached hydrogens (primary N) is 1. The number of carbonyl (C=O) groups excluding carboxylic acids is 1. The molecule has 0 aromatic carbocycles. The molecule has 7 heteroatoms. The van der Waals surface area contributed by atoms with Crippen LogP contribution in [0.25, 0.3) is 0 Å². The van der Waals surface area contributed by atoms with Crippen LogP contribution >= 0.6 is 12.2 Å². The van der Waals surface area contributed by atoms with E-state index >= 15 is 0 Å². The summed E-state index contributed by atoms with van der Waals surface area (Å²) in [4.78, 5) is 10.2. The first-order chi connectivity index (χ1) is 5.66. The van der Waals surface area contributed by atoms with E-state index in [-0.39, 0.29) is 0 Å². The molecule has 6 nitrogen and oxygen atoms in total. The minimum Gasteiger partial charge on any atom is -0.383 e.